The molecule has 0 fully saturated rings. The van der Waals surface area contributed by atoms with Crippen molar-refractivity contribution in [2.24, 2.45) is 0 Å². The highest BCUT2D eigenvalue weighted by Crippen LogP contribution is 2.31. The number of H-pyrrole nitrogens is 1. The summed E-state index contributed by atoms with van der Waals surface area (Å²) in [6, 6.07) is 10.1. The predicted molar refractivity (Wildman–Crippen MR) is 125 cm³/mol. The molecule has 1 aromatic heterocycles. The number of hydrogen-bond acceptors (Lipinski definition) is 6. The number of ketones is 1. The topological polar surface area (TPSA) is 138 Å². The molecule has 4 N–H and O–H groups in total. The van der Waals surface area contributed by atoms with Crippen LogP contribution in [0.4, 0.5) is 11.4 Å². The fraction of sp³-hybridized carbons (Fsp3) is 0.217. The van der Waals surface area contributed by atoms with Gasteiger partial charge in [0, 0.05) is 11.3 Å². The Bertz CT molecular complexity index is 1330. The number of hydrogen-bond donors (Lipinski definition) is 4. The fourth-order valence-corrected chi connectivity index (χ4v) is 4.70. The normalized spacial score (nSPS) is 11.2. The van der Waals surface area contributed by atoms with E-state index >= 15 is 0 Å². The summed E-state index contributed by atoms with van der Waals surface area (Å²) in [6.45, 7) is 4.94. The molecular formula is C23H25N3O6S. The third-order valence-electron chi connectivity index (χ3n) is 5.10. The Morgan fingerprint density at radius 2 is 1.82 bits per heavy atom. The molecule has 0 saturated carbocycles. The van der Waals surface area contributed by atoms with Crippen molar-refractivity contribution in [3.63, 3.8) is 0 Å². The number of phenolic OH excluding ortho intramolecular Hbond substituents is 1. The average molecular weight is 472 g/mol. The fourth-order valence-electron chi connectivity index (χ4n) is 3.60. The Morgan fingerprint density at radius 3 is 2.45 bits per heavy atom. The molecule has 0 unspecified atom stereocenters. The number of aromatic nitrogens is 1. The van der Waals surface area contributed by atoms with Gasteiger partial charge in [0.2, 0.25) is 0 Å². The van der Waals surface area contributed by atoms with Gasteiger partial charge in [-0.1, -0.05) is 19.1 Å². The number of aryl methyl sites for hydroxylation is 1. The molecule has 0 aliphatic rings. The minimum absolute atomic E-state index is 0.0958. The van der Waals surface area contributed by atoms with E-state index in [1.165, 1.54) is 26.2 Å². The summed E-state index contributed by atoms with van der Waals surface area (Å²) in [4.78, 5) is 27.6. The second kappa shape index (κ2) is 9.37. The lowest BCUT2D eigenvalue weighted by molar-refractivity contribution is 0.101. The number of aromatic hydroxyl groups is 1. The summed E-state index contributed by atoms with van der Waals surface area (Å²) in [7, 11) is -2.63. The van der Waals surface area contributed by atoms with E-state index in [-0.39, 0.29) is 33.5 Å². The number of amides is 1. The van der Waals surface area contributed by atoms with Crippen LogP contribution in [0.5, 0.6) is 11.5 Å². The van der Waals surface area contributed by atoms with Crippen LogP contribution in [0.15, 0.2) is 47.4 Å². The number of benzene rings is 2. The van der Waals surface area contributed by atoms with Crippen LogP contribution in [0, 0.1) is 6.92 Å². The van der Waals surface area contributed by atoms with Crippen LogP contribution < -0.4 is 14.8 Å². The first-order chi connectivity index (χ1) is 15.6. The first-order valence-corrected chi connectivity index (χ1v) is 11.6. The molecule has 0 aliphatic heterocycles. The van der Waals surface area contributed by atoms with E-state index in [0.29, 0.717) is 29.0 Å². The first kappa shape index (κ1) is 23.9. The van der Waals surface area contributed by atoms with E-state index in [1.54, 1.807) is 31.2 Å². The van der Waals surface area contributed by atoms with Crippen molar-refractivity contribution in [2.45, 2.75) is 32.1 Å². The molecule has 0 saturated heterocycles. The SMILES string of the molecule is CCc1c(C(=O)Nc2cc(S(=O)(=O)Nc3ccccc3OC)ccc2O)[nH]c(C)c1C(C)=O. The van der Waals surface area contributed by atoms with Gasteiger partial charge in [0.25, 0.3) is 15.9 Å². The molecule has 0 atom stereocenters. The molecule has 3 rings (SSSR count). The van der Waals surface area contributed by atoms with E-state index in [1.807, 2.05) is 6.92 Å². The maximum absolute atomic E-state index is 12.9. The van der Waals surface area contributed by atoms with Crippen molar-refractivity contribution in [3.05, 3.63) is 65.0 Å². The first-order valence-electron chi connectivity index (χ1n) is 10.1. The van der Waals surface area contributed by atoms with Crippen LogP contribution >= 0.6 is 0 Å². The number of carbonyl (C=O) groups excluding carboxylic acids is 2. The molecule has 3 aromatic rings. The van der Waals surface area contributed by atoms with Gasteiger partial charge in [-0.15, -0.1) is 0 Å². The van der Waals surface area contributed by atoms with E-state index in [4.69, 9.17) is 4.74 Å². The van der Waals surface area contributed by atoms with Gasteiger partial charge in [-0.05, 0) is 56.2 Å². The standard InChI is InChI=1S/C23H25N3O6S/c1-5-16-21(14(3)27)13(2)24-22(16)23(29)25-18-12-15(10-11-19(18)28)33(30,31)26-17-8-6-7-9-20(17)32-4/h6-12,24,26,28H,5H2,1-4H3,(H,25,29). The number of carbonyl (C=O) groups is 2. The molecule has 0 radical (unpaired) electrons. The number of phenols is 1. The van der Waals surface area contributed by atoms with Crippen molar-refractivity contribution in [2.75, 3.05) is 17.1 Å². The molecular weight excluding hydrogens is 446 g/mol. The number of rotatable bonds is 8. The zero-order valence-electron chi connectivity index (χ0n) is 18.6. The summed E-state index contributed by atoms with van der Waals surface area (Å²) >= 11 is 0. The lowest BCUT2D eigenvalue weighted by atomic mass is 10.0. The van der Waals surface area contributed by atoms with Crippen LogP contribution in [0.2, 0.25) is 0 Å². The Morgan fingerprint density at radius 1 is 1.12 bits per heavy atom. The van der Waals surface area contributed by atoms with E-state index < -0.39 is 15.9 Å². The van der Waals surface area contributed by atoms with Gasteiger partial charge in [0.05, 0.1) is 23.4 Å². The van der Waals surface area contributed by atoms with Crippen LogP contribution in [-0.2, 0) is 16.4 Å². The Hall–Kier alpha value is -3.79. The highest BCUT2D eigenvalue weighted by molar-refractivity contribution is 7.92. The molecule has 9 nitrogen and oxygen atoms in total. The van der Waals surface area contributed by atoms with Gasteiger partial charge in [0.15, 0.2) is 5.78 Å². The second-order valence-corrected chi connectivity index (χ2v) is 9.01. The van der Waals surface area contributed by atoms with Crippen molar-refractivity contribution >= 4 is 33.1 Å². The van der Waals surface area contributed by atoms with Crippen molar-refractivity contribution in [1.82, 2.24) is 4.98 Å². The molecule has 10 heteroatoms. The van der Waals surface area contributed by atoms with Crippen LogP contribution in [0.3, 0.4) is 0 Å². The zero-order chi connectivity index (χ0) is 24.3. The van der Waals surface area contributed by atoms with Crippen molar-refractivity contribution < 1.29 is 27.9 Å². The van der Waals surface area contributed by atoms with Crippen LogP contribution in [-0.4, -0.2) is 37.3 Å². The number of nitrogens with one attached hydrogen (secondary N) is 3. The Labute approximate surface area is 191 Å². The molecule has 2 aromatic carbocycles. The lowest BCUT2D eigenvalue weighted by Crippen LogP contribution is -2.17. The number of sulfonamides is 1. The molecule has 0 bridgehead atoms. The predicted octanol–water partition coefficient (Wildman–Crippen LogP) is 3.86. The third-order valence-corrected chi connectivity index (χ3v) is 6.46. The van der Waals surface area contributed by atoms with Gasteiger partial charge in [-0.2, -0.15) is 0 Å². The summed E-state index contributed by atoms with van der Waals surface area (Å²) in [5.41, 5.74) is 1.89. The maximum Gasteiger partial charge on any atom is 0.272 e. The zero-order valence-corrected chi connectivity index (χ0v) is 19.5. The van der Waals surface area contributed by atoms with Gasteiger partial charge in [0.1, 0.15) is 17.2 Å². The Balaban J connectivity index is 1.93. The molecule has 1 amide bonds. The summed E-state index contributed by atoms with van der Waals surface area (Å²) in [6.07, 6.45) is 0.436. The lowest BCUT2D eigenvalue weighted by Gasteiger charge is -2.13. The minimum atomic E-state index is -4.06. The molecule has 33 heavy (non-hydrogen) atoms. The van der Waals surface area contributed by atoms with E-state index in [9.17, 15) is 23.1 Å². The summed E-state index contributed by atoms with van der Waals surface area (Å²) in [5.74, 6) is -0.750. The minimum Gasteiger partial charge on any atom is -0.506 e. The molecule has 0 aliphatic carbocycles. The van der Waals surface area contributed by atoms with Crippen LogP contribution in [0.1, 0.15) is 46.0 Å². The molecule has 0 spiro atoms. The van der Waals surface area contributed by atoms with E-state index in [0.717, 1.165) is 6.07 Å². The monoisotopic (exact) mass is 471 g/mol. The largest absolute Gasteiger partial charge is 0.506 e. The third kappa shape index (κ3) is 4.85. The Kier molecular flexibility index (Phi) is 6.78. The van der Waals surface area contributed by atoms with Gasteiger partial charge < -0.3 is 20.1 Å². The van der Waals surface area contributed by atoms with Gasteiger partial charge in [-0.25, -0.2) is 8.42 Å². The van der Waals surface area contributed by atoms with Gasteiger partial charge >= 0.3 is 0 Å². The van der Waals surface area contributed by atoms with Gasteiger partial charge in [-0.3, -0.25) is 14.3 Å². The number of methoxy groups -OCH3 is 1. The molecule has 1 heterocycles. The average Bonchev–Trinajstić information content (AvgIpc) is 3.11. The molecule has 174 valence electrons. The van der Waals surface area contributed by atoms with Crippen LogP contribution in [0.25, 0.3) is 0 Å². The number of para-hydroxylation sites is 2. The van der Waals surface area contributed by atoms with Crippen molar-refractivity contribution in [1.29, 1.82) is 0 Å². The number of Topliss-reactive ketones (excluding diaryl/α,β-unsaturated/α-hetero) is 1. The smallest absolute Gasteiger partial charge is 0.272 e. The highest BCUT2D eigenvalue weighted by atomic mass is 32.2. The number of aromatic amines is 1. The second-order valence-electron chi connectivity index (χ2n) is 7.33. The highest BCUT2D eigenvalue weighted by Gasteiger charge is 2.23. The number of ether oxygens (including phenoxy) is 1. The summed E-state index contributed by atoms with van der Waals surface area (Å²) in [5, 5.41) is 12.8. The number of anilines is 2. The van der Waals surface area contributed by atoms with Crippen molar-refractivity contribution in [3.8, 4) is 11.5 Å². The van der Waals surface area contributed by atoms with E-state index in [2.05, 4.69) is 15.0 Å². The summed E-state index contributed by atoms with van der Waals surface area (Å²) < 4.78 is 33.4. The quantitative estimate of drug-likeness (QED) is 0.291. The maximum atomic E-state index is 12.9.